The van der Waals surface area contributed by atoms with Crippen LogP contribution in [-0.2, 0) is 19.4 Å². The SMILES string of the molecule is CC(C(=O)N(CC(=O)O)C1CCS(=O)(=O)C1)C1CNC1. The van der Waals surface area contributed by atoms with Gasteiger partial charge in [0.2, 0.25) is 5.91 Å². The molecule has 8 heteroatoms. The maximum absolute atomic E-state index is 12.5. The Morgan fingerprint density at radius 2 is 2.05 bits per heavy atom. The Bertz CT molecular complexity index is 500. The van der Waals surface area contributed by atoms with Gasteiger partial charge in [-0.25, -0.2) is 8.42 Å². The van der Waals surface area contributed by atoms with Gasteiger partial charge in [0.15, 0.2) is 9.84 Å². The highest BCUT2D eigenvalue weighted by Gasteiger charge is 2.39. The van der Waals surface area contributed by atoms with E-state index in [1.807, 2.05) is 0 Å². The van der Waals surface area contributed by atoms with Crippen molar-refractivity contribution in [2.24, 2.45) is 11.8 Å². The van der Waals surface area contributed by atoms with Gasteiger partial charge in [0.25, 0.3) is 0 Å². The van der Waals surface area contributed by atoms with Crippen LogP contribution in [0, 0.1) is 11.8 Å². The van der Waals surface area contributed by atoms with E-state index in [0.717, 1.165) is 13.1 Å². The van der Waals surface area contributed by atoms with E-state index < -0.39 is 28.4 Å². The van der Waals surface area contributed by atoms with Gasteiger partial charge in [0, 0.05) is 12.0 Å². The van der Waals surface area contributed by atoms with Crippen molar-refractivity contribution in [3.8, 4) is 0 Å². The quantitative estimate of drug-likeness (QED) is 0.671. The van der Waals surface area contributed by atoms with Crippen LogP contribution in [0.25, 0.3) is 0 Å². The van der Waals surface area contributed by atoms with Gasteiger partial charge in [-0.1, -0.05) is 6.92 Å². The molecule has 2 fully saturated rings. The summed E-state index contributed by atoms with van der Waals surface area (Å²) in [6.07, 6.45) is 0.330. The van der Waals surface area contributed by atoms with Gasteiger partial charge in [0.05, 0.1) is 11.5 Å². The molecular formula is C12H20N2O5S. The largest absolute Gasteiger partial charge is 0.480 e. The normalized spacial score (nSPS) is 26.8. The zero-order chi connectivity index (χ0) is 14.9. The lowest BCUT2D eigenvalue weighted by atomic mass is 9.87. The molecule has 7 nitrogen and oxygen atoms in total. The summed E-state index contributed by atoms with van der Waals surface area (Å²) in [5.41, 5.74) is 0. The van der Waals surface area contributed by atoms with E-state index in [-0.39, 0.29) is 29.2 Å². The molecule has 0 radical (unpaired) electrons. The minimum atomic E-state index is -3.15. The van der Waals surface area contributed by atoms with E-state index in [2.05, 4.69) is 5.32 Å². The number of carbonyl (C=O) groups excluding carboxylic acids is 1. The maximum Gasteiger partial charge on any atom is 0.323 e. The van der Waals surface area contributed by atoms with Gasteiger partial charge < -0.3 is 15.3 Å². The lowest BCUT2D eigenvalue weighted by Gasteiger charge is -2.36. The van der Waals surface area contributed by atoms with E-state index in [1.165, 1.54) is 4.90 Å². The Labute approximate surface area is 118 Å². The third-order valence-corrected chi connectivity index (χ3v) is 5.90. The van der Waals surface area contributed by atoms with Crippen molar-refractivity contribution in [2.45, 2.75) is 19.4 Å². The highest BCUT2D eigenvalue weighted by Crippen LogP contribution is 2.23. The summed E-state index contributed by atoms with van der Waals surface area (Å²) in [7, 11) is -3.15. The van der Waals surface area contributed by atoms with Gasteiger partial charge in [-0.2, -0.15) is 0 Å². The van der Waals surface area contributed by atoms with Gasteiger partial charge >= 0.3 is 5.97 Å². The fraction of sp³-hybridized carbons (Fsp3) is 0.833. The Hall–Kier alpha value is -1.15. The van der Waals surface area contributed by atoms with Crippen molar-refractivity contribution in [3.05, 3.63) is 0 Å². The molecule has 2 aliphatic heterocycles. The van der Waals surface area contributed by atoms with E-state index in [1.54, 1.807) is 6.92 Å². The number of nitrogens with zero attached hydrogens (tertiary/aromatic N) is 1. The summed E-state index contributed by atoms with van der Waals surface area (Å²) in [5, 5.41) is 12.0. The first-order valence-electron chi connectivity index (χ1n) is 6.73. The summed E-state index contributed by atoms with van der Waals surface area (Å²) in [6.45, 7) is 2.85. The molecule has 0 aliphatic carbocycles. The minimum Gasteiger partial charge on any atom is -0.480 e. The van der Waals surface area contributed by atoms with E-state index in [4.69, 9.17) is 5.11 Å². The molecule has 1 amide bonds. The zero-order valence-corrected chi connectivity index (χ0v) is 12.2. The van der Waals surface area contributed by atoms with Crippen molar-refractivity contribution in [2.75, 3.05) is 31.1 Å². The fourth-order valence-corrected chi connectivity index (χ4v) is 4.41. The molecule has 114 valence electrons. The van der Waals surface area contributed by atoms with Crippen molar-refractivity contribution in [1.82, 2.24) is 10.2 Å². The Morgan fingerprint density at radius 3 is 2.45 bits per heavy atom. The predicted molar refractivity (Wildman–Crippen MR) is 71.9 cm³/mol. The maximum atomic E-state index is 12.5. The third kappa shape index (κ3) is 3.29. The second kappa shape index (κ2) is 5.69. The van der Waals surface area contributed by atoms with E-state index >= 15 is 0 Å². The second-order valence-corrected chi connectivity index (χ2v) is 7.85. The molecule has 0 aromatic carbocycles. The summed E-state index contributed by atoms with van der Waals surface area (Å²) in [4.78, 5) is 24.6. The standard InChI is InChI=1S/C12H20N2O5S/c1-8(9-4-13-5-9)12(17)14(6-11(15)16)10-2-3-20(18,19)7-10/h8-10,13H,2-7H2,1H3,(H,15,16). The molecule has 2 aliphatic rings. The van der Waals surface area contributed by atoms with Gasteiger partial charge in [-0.05, 0) is 25.4 Å². The van der Waals surface area contributed by atoms with Gasteiger partial charge in [-0.15, -0.1) is 0 Å². The molecule has 0 aromatic heterocycles. The Kier molecular flexibility index (Phi) is 4.33. The monoisotopic (exact) mass is 304 g/mol. The van der Waals surface area contributed by atoms with Crippen LogP contribution in [0.1, 0.15) is 13.3 Å². The average Bonchev–Trinajstić information content (AvgIpc) is 2.62. The molecule has 0 bridgehead atoms. The molecule has 2 heterocycles. The van der Waals surface area contributed by atoms with Crippen LogP contribution in [0.5, 0.6) is 0 Å². The molecule has 0 aromatic rings. The van der Waals surface area contributed by atoms with Gasteiger partial charge in [-0.3, -0.25) is 9.59 Å². The highest BCUT2D eigenvalue weighted by atomic mass is 32.2. The molecule has 2 atom stereocenters. The number of sulfone groups is 1. The molecule has 2 unspecified atom stereocenters. The third-order valence-electron chi connectivity index (χ3n) is 4.15. The number of carboxylic acids is 1. The summed E-state index contributed by atoms with van der Waals surface area (Å²) >= 11 is 0. The molecular weight excluding hydrogens is 284 g/mol. The van der Waals surface area contributed by atoms with Crippen LogP contribution >= 0.6 is 0 Å². The lowest BCUT2D eigenvalue weighted by molar-refractivity contribution is -0.149. The minimum absolute atomic E-state index is 0.0282. The summed E-state index contributed by atoms with van der Waals surface area (Å²) < 4.78 is 23.1. The van der Waals surface area contributed by atoms with Crippen LogP contribution in [0.2, 0.25) is 0 Å². The molecule has 2 N–H and O–H groups in total. The first kappa shape index (κ1) is 15.2. The van der Waals surface area contributed by atoms with E-state index in [0.29, 0.717) is 6.42 Å². The zero-order valence-electron chi connectivity index (χ0n) is 11.4. The first-order chi connectivity index (χ1) is 9.30. The number of aliphatic carboxylic acids is 1. The van der Waals surface area contributed by atoms with Crippen molar-refractivity contribution >= 4 is 21.7 Å². The second-order valence-electron chi connectivity index (χ2n) is 5.62. The van der Waals surface area contributed by atoms with Crippen molar-refractivity contribution in [1.29, 1.82) is 0 Å². The molecule has 0 saturated carbocycles. The summed E-state index contributed by atoms with van der Waals surface area (Å²) in [6, 6.07) is -0.501. The summed E-state index contributed by atoms with van der Waals surface area (Å²) in [5.74, 6) is -1.53. The molecule has 2 rings (SSSR count). The molecule has 20 heavy (non-hydrogen) atoms. The number of carboxylic acid groups (broad SMARTS) is 1. The molecule has 0 spiro atoms. The first-order valence-corrected chi connectivity index (χ1v) is 8.55. The Balaban J connectivity index is 2.10. The van der Waals surface area contributed by atoms with Crippen molar-refractivity contribution < 1.29 is 23.1 Å². The number of carbonyl (C=O) groups is 2. The number of nitrogens with one attached hydrogen (secondary N) is 1. The van der Waals surface area contributed by atoms with Gasteiger partial charge in [0.1, 0.15) is 6.54 Å². The van der Waals surface area contributed by atoms with Crippen LogP contribution in [0.4, 0.5) is 0 Å². The number of hydrogen-bond donors (Lipinski definition) is 2. The highest BCUT2D eigenvalue weighted by molar-refractivity contribution is 7.91. The fourth-order valence-electron chi connectivity index (χ4n) is 2.68. The number of hydrogen-bond acceptors (Lipinski definition) is 5. The predicted octanol–water partition coefficient (Wildman–Crippen LogP) is -1.06. The van der Waals surface area contributed by atoms with E-state index in [9.17, 15) is 18.0 Å². The number of amides is 1. The van der Waals surface area contributed by atoms with Crippen LogP contribution < -0.4 is 5.32 Å². The van der Waals surface area contributed by atoms with Crippen molar-refractivity contribution in [3.63, 3.8) is 0 Å². The smallest absolute Gasteiger partial charge is 0.323 e. The molecule has 2 saturated heterocycles. The lowest BCUT2D eigenvalue weighted by Crippen LogP contribution is -2.53. The Morgan fingerprint density at radius 1 is 1.40 bits per heavy atom. The van der Waals surface area contributed by atoms with Crippen LogP contribution in [-0.4, -0.2) is 67.5 Å². The number of rotatable bonds is 5. The van der Waals surface area contributed by atoms with Crippen LogP contribution in [0.15, 0.2) is 0 Å². The topological polar surface area (TPSA) is 104 Å². The van der Waals surface area contributed by atoms with Crippen LogP contribution in [0.3, 0.4) is 0 Å². The average molecular weight is 304 g/mol.